The standard InChI is InChI=1S/C17H19F3N4S/c18-17(19,20)12-5-4-6-13(11-12)22-16(25)23-15-9-10-21-24(15)14-7-2-1-3-8-14/h4-6,9-11,14H,1-3,7-8H2,(H2,22,23,25). The van der Waals surface area contributed by atoms with Crippen molar-refractivity contribution in [1.29, 1.82) is 0 Å². The minimum atomic E-state index is -4.38. The van der Waals surface area contributed by atoms with E-state index in [4.69, 9.17) is 12.2 Å². The number of nitrogens with one attached hydrogen (secondary N) is 2. The van der Waals surface area contributed by atoms with Gasteiger partial charge in [0.15, 0.2) is 5.11 Å². The fourth-order valence-electron chi connectivity index (χ4n) is 3.08. The fourth-order valence-corrected chi connectivity index (χ4v) is 3.30. The van der Waals surface area contributed by atoms with Crippen LogP contribution in [-0.4, -0.2) is 14.9 Å². The van der Waals surface area contributed by atoms with Crippen LogP contribution >= 0.6 is 12.2 Å². The van der Waals surface area contributed by atoms with Crippen LogP contribution in [0.25, 0.3) is 0 Å². The quantitative estimate of drug-likeness (QED) is 0.729. The van der Waals surface area contributed by atoms with Crippen LogP contribution in [0.5, 0.6) is 0 Å². The molecule has 1 fully saturated rings. The number of nitrogens with zero attached hydrogens (tertiary/aromatic N) is 2. The van der Waals surface area contributed by atoms with Crippen molar-refractivity contribution in [2.75, 3.05) is 10.6 Å². The summed E-state index contributed by atoms with van der Waals surface area (Å²) in [6.45, 7) is 0. The number of hydrogen-bond acceptors (Lipinski definition) is 2. The highest BCUT2D eigenvalue weighted by molar-refractivity contribution is 7.80. The molecule has 0 radical (unpaired) electrons. The number of alkyl halides is 3. The third-order valence-corrected chi connectivity index (χ3v) is 4.48. The lowest BCUT2D eigenvalue weighted by atomic mass is 9.96. The first-order valence-electron chi connectivity index (χ1n) is 8.22. The van der Waals surface area contributed by atoms with Crippen molar-refractivity contribution < 1.29 is 13.2 Å². The van der Waals surface area contributed by atoms with Crippen LogP contribution in [0.2, 0.25) is 0 Å². The minimum absolute atomic E-state index is 0.233. The van der Waals surface area contributed by atoms with Crippen LogP contribution < -0.4 is 10.6 Å². The minimum Gasteiger partial charge on any atom is -0.332 e. The Hall–Kier alpha value is -2.09. The Bertz CT molecular complexity index is 735. The van der Waals surface area contributed by atoms with Gasteiger partial charge in [-0.05, 0) is 43.3 Å². The van der Waals surface area contributed by atoms with E-state index in [2.05, 4.69) is 15.7 Å². The van der Waals surface area contributed by atoms with Crippen molar-refractivity contribution in [3.63, 3.8) is 0 Å². The molecule has 1 aliphatic rings. The molecule has 0 amide bonds. The second-order valence-corrected chi connectivity index (χ2v) is 6.52. The Morgan fingerprint density at radius 1 is 1.12 bits per heavy atom. The van der Waals surface area contributed by atoms with Gasteiger partial charge < -0.3 is 10.6 Å². The maximum absolute atomic E-state index is 12.8. The molecule has 0 bridgehead atoms. The molecule has 1 aromatic carbocycles. The van der Waals surface area contributed by atoms with Crippen LogP contribution in [0.4, 0.5) is 24.7 Å². The summed E-state index contributed by atoms with van der Waals surface area (Å²) in [6.07, 6.45) is 3.06. The van der Waals surface area contributed by atoms with Crippen LogP contribution in [-0.2, 0) is 6.18 Å². The van der Waals surface area contributed by atoms with Gasteiger partial charge in [0.05, 0.1) is 17.8 Å². The van der Waals surface area contributed by atoms with E-state index in [0.29, 0.717) is 6.04 Å². The van der Waals surface area contributed by atoms with E-state index < -0.39 is 11.7 Å². The molecule has 2 N–H and O–H groups in total. The summed E-state index contributed by atoms with van der Waals surface area (Å²) in [6, 6.07) is 7.10. The summed E-state index contributed by atoms with van der Waals surface area (Å²) in [4.78, 5) is 0. The number of anilines is 2. The molecule has 1 aromatic heterocycles. The zero-order valence-electron chi connectivity index (χ0n) is 13.5. The first-order valence-corrected chi connectivity index (χ1v) is 8.63. The Morgan fingerprint density at radius 3 is 2.60 bits per heavy atom. The molecule has 1 heterocycles. The first kappa shape index (κ1) is 17.7. The van der Waals surface area contributed by atoms with E-state index in [-0.39, 0.29) is 10.8 Å². The van der Waals surface area contributed by atoms with E-state index >= 15 is 0 Å². The van der Waals surface area contributed by atoms with Gasteiger partial charge in [0.2, 0.25) is 0 Å². The molecular weight excluding hydrogens is 349 g/mol. The van der Waals surface area contributed by atoms with Crippen molar-refractivity contribution in [2.24, 2.45) is 0 Å². The Labute approximate surface area is 149 Å². The van der Waals surface area contributed by atoms with Crippen LogP contribution in [0.15, 0.2) is 36.5 Å². The van der Waals surface area contributed by atoms with E-state index in [1.54, 1.807) is 12.3 Å². The predicted molar refractivity (Wildman–Crippen MR) is 95.6 cm³/mol. The summed E-state index contributed by atoms with van der Waals surface area (Å²) >= 11 is 5.24. The van der Waals surface area contributed by atoms with Crippen LogP contribution in [0.1, 0.15) is 43.7 Å². The van der Waals surface area contributed by atoms with E-state index in [9.17, 15) is 13.2 Å². The van der Waals surface area contributed by atoms with E-state index in [1.165, 1.54) is 25.3 Å². The highest BCUT2D eigenvalue weighted by Gasteiger charge is 2.30. The average molecular weight is 368 g/mol. The average Bonchev–Trinajstić information content (AvgIpc) is 3.03. The third kappa shape index (κ3) is 4.50. The zero-order chi connectivity index (χ0) is 17.9. The van der Waals surface area contributed by atoms with E-state index in [0.717, 1.165) is 30.8 Å². The van der Waals surface area contributed by atoms with Crippen LogP contribution in [0, 0.1) is 0 Å². The molecule has 25 heavy (non-hydrogen) atoms. The molecule has 3 rings (SSSR count). The smallest absolute Gasteiger partial charge is 0.332 e. The summed E-state index contributed by atoms with van der Waals surface area (Å²) in [5.41, 5.74) is -0.427. The molecule has 4 nitrogen and oxygen atoms in total. The number of hydrogen-bond donors (Lipinski definition) is 2. The lowest BCUT2D eigenvalue weighted by Crippen LogP contribution is -2.23. The van der Waals surface area contributed by atoms with Gasteiger partial charge in [0.25, 0.3) is 0 Å². The second-order valence-electron chi connectivity index (χ2n) is 6.11. The Morgan fingerprint density at radius 2 is 1.88 bits per heavy atom. The van der Waals surface area contributed by atoms with Crippen molar-refractivity contribution in [3.8, 4) is 0 Å². The van der Waals surface area contributed by atoms with E-state index in [1.807, 2.05) is 10.7 Å². The molecule has 0 spiro atoms. The predicted octanol–water partition coefficient (Wildman–Crippen LogP) is 5.22. The Kier molecular flexibility index (Phi) is 5.27. The number of thiocarbonyl (C=S) groups is 1. The van der Waals surface area contributed by atoms with Crippen molar-refractivity contribution in [2.45, 2.75) is 44.3 Å². The zero-order valence-corrected chi connectivity index (χ0v) is 14.3. The fraction of sp³-hybridized carbons (Fsp3) is 0.412. The molecule has 1 saturated carbocycles. The largest absolute Gasteiger partial charge is 0.416 e. The lowest BCUT2D eigenvalue weighted by molar-refractivity contribution is -0.137. The normalized spacial score (nSPS) is 15.8. The molecule has 8 heteroatoms. The maximum Gasteiger partial charge on any atom is 0.416 e. The van der Waals surface area contributed by atoms with Gasteiger partial charge in [0.1, 0.15) is 5.82 Å². The molecular formula is C17H19F3N4S. The van der Waals surface area contributed by atoms with Crippen LogP contribution in [0.3, 0.4) is 0 Å². The van der Waals surface area contributed by atoms with Crippen molar-refractivity contribution in [1.82, 2.24) is 9.78 Å². The topological polar surface area (TPSA) is 41.9 Å². The summed E-state index contributed by atoms with van der Waals surface area (Å²) < 4.78 is 40.3. The molecule has 0 atom stereocenters. The van der Waals surface area contributed by atoms with Crippen molar-refractivity contribution in [3.05, 3.63) is 42.1 Å². The first-order chi connectivity index (χ1) is 11.9. The van der Waals surface area contributed by atoms with Gasteiger partial charge in [-0.15, -0.1) is 0 Å². The molecule has 134 valence electrons. The maximum atomic E-state index is 12.8. The monoisotopic (exact) mass is 368 g/mol. The van der Waals surface area contributed by atoms with Gasteiger partial charge in [-0.2, -0.15) is 18.3 Å². The number of rotatable bonds is 3. The number of halogens is 3. The summed E-state index contributed by atoms with van der Waals surface area (Å²) in [7, 11) is 0. The summed E-state index contributed by atoms with van der Waals surface area (Å²) in [5, 5.41) is 10.4. The SMILES string of the molecule is FC(F)(F)c1cccc(NC(=S)Nc2ccnn2C2CCCCC2)c1. The molecule has 0 saturated heterocycles. The Balaban J connectivity index is 1.67. The number of benzene rings is 1. The molecule has 0 unspecified atom stereocenters. The highest BCUT2D eigenvalue weighted by atomic mass is 32.1. The van der Waals surface area contributed by atoms with Gasteiger partial charge in [0, 0.05) is 11.8 Å². The van der Waals surface area contributed by atoms with Gasteiger partial charge in [-0.1, -0.05) is 25.3 Å². The molecule has 1 aliphatic carbocycles. The lowest BCUT2D eigenvalue weighted by Gasteiger charge is -2.24. The second kappa shape index (κ2) is 7.43. The third-order valence-electron chi connectivity index (χ3n) is 4.28. The molecule has 2 aromatic rings. The van der Waals surface area contributed by atoms with Gasteiger partial charge >= 0.3 is 6.18 Å². The van der Waals surface area contributed by atoms with Crippen molar-refractivity contribution >= 4 is 28.8 Å². The molecule has 0 aliphatic heterocycles. The highest BCUT2D eigenvalue weighted by Crippen LogP contribution is 2.31. The number of aromatic nitrogens is 2. The van der Waals surface area contributed by atoms with Gasteiger partial charge in [-0.3, -0.25) is 0 Å². The van der Waals surface area contributed by atoms with Gasteiger partial charge in [-0.25, -0.2) is 4.68 Å². The summed E-state index contributed by atoms with van der Waals surface area (Å²) in [5.74, 6) is 0.747.